The van der Waals surface area contributed by atoms with Crippen LogP contribution in [0.1, 0.15) is 27.7 Å². The maximum absolute atomic E-state index is 12.6. The fraction of sp³-hybridized carbons (Fsp3) is 0.353. The number of hydrogen-bond donors (Lipinski definition) is 1. The molecule has 1 atom stereocenters. The molecule has 3 rings (SSSR count). The molecule has 0 saturated carbocycles. The summed E-state index contributed by atoms with van der Waals surface area (Å²) in [5.41, 5.74) is 9.63. The van der Waals surface area contributed by atoms with Crippen molar-refractivity contribution in [1.29, 1.82) is 0 Å². The molecule has 1 aromatic carbocycles. The lowest BCUT2D eigenvalue weighted by Gasteiger charge is -2.22. The molecule has 1 aromatic heterocycles. The van der Waals surface area contributed by atoms with Crippen LogP contribution in [0.3, 0.4) is 0 Å². The van der Waals surface area contributed by atoms with Gasteiger partial charge >= 0.3 is 0 Å². The zero-order valence-electron chi connectivity index (χ0n) is 12.4. The Bertz CT molecular complexity index is 677. The van der Waals surface area contributed by atoms with Crippen LogP contribution in [0, 0.1) is 0 Å². The van der Waals surface area contributed by atoms with Gasteiger partial charge in [-0.3, -0.25) is 4.79 Å². The number of nitrogens with two attached hydrogens (primary N) is 1. The molecule has 0 bridgehead atoms. The maximum atomic E-state index is 12.6. The molecule has 3 nitrogen and oxygen atoms in total. The molecule has 0 fully saturated rings. The van der Waals surface area contributed by atoms with E-state index in [-0.39, 0.29) is 11.9 Å². The summed E-state index contributed by atoms with van der Waals surface area (Å²) >= 11 is 1.61. The number of rotatable bonds is 3. The van der Waals surface area contributed by atoms with E-state index in [9.17, 15) is 4.79 Å². The van der Waals surface area contributed by atoms with E-state index in [0.29, 0.717) is 6.54 Å². The van der Waals surface area contributed by atoms with Crippen molar-refractivity contribution >= 4 is 17.2 Å². The van der Waals surface area contributed by atoms with Crippen molar-refractivity contribution in [3.05, 3.63) is 46.3 Å². The first-order chi connectivity index (χ1) is 10.1. The minimum atomic E-state index is 0.0592. The quantitative estimate of drug-likeness (QED) is 0.947. The summed E-state index contributed by atoms with van der Waals surface area (Å²) in [5.74, 6) is 0.0739. The summed E-state index contributed by atoms with van der Waals surface area (Å²) in [6, 6.07) is 10.6. The number of benzene rings is 1. The summed E-state index contributed by atoms with van der Waals surface area (Å²) in [6.07, 6.45) is 2.08. The number of thiophene rings is 1. The molecule has 1 amide bonds. The van der Waals surface area contributed by atoms with Crippen LogP contribution in [-0.2, 0) is 12.8 Å². The minimum Gasteiger partial charge on any atom is -0.337 e. The van der Waals surface area contributed by atoms with Gasteiger partial charge in [0.15, 0.2) is 0 Å². The Morgan fingerprint density at radius 2 is 2.05 bits per heavy atom. The van der Waals surface area contributed by atoms with E-state index in [1.54, 1.807) is 16.2 Å². The Morgan fingerprint density at radius 1 is 1.33 bits per heavy atom. The molecule has 110 valence electrons. The number of nitrogens with zero attached hydrogens (tertiary/aromatic N) is 1. The topological polar surface area (TPSA) is 46.3 Å². The first kappa shape index (κ1) is 14.3. The number of amides is 1. The van der Waals surface area contributed by atoms with E-state index < -0.39 is 0 Å². The monoisotopic (exact) mass is 300 g/mol. The number of hydrogen-bond acceptors (Lipinski definition) is 3. The summed E-state index contributed by atoms with van der Waals surface area (Å²) in [7, 11) is 1.83. The summed E-state index contributed by atoms with van der Waals surface area (Å²) < 4.78 is 0. The normalized spacial score (nSPS) is 14.2. The van der Waals surface area contributed by atoms with Gasteiger partial charge in [0.05, 0.1) is 4.88 Å². The molecule has 0 aliphatic heterocycles. The maximum Gasteiger partial charge on any atom is 0.263 e. The predicted octanol–water partition coefficient (Wildman–Crippen LogP) is 2.93. The third-order valence-corrected chi connectivity index (χ3v) is 5.47. The Kier molecular flexibility index (Phi) is 3.83. The lowest BCUT2D eigenvalue weighted by molar-refractivity contribution is 0.0753. The molecule has 1 aliphatic rings. The van der Waals surface area contributed by atoms with Gasteiger partial charge in [0, 0.05) is 24.5 Å². The number of likely N-dealkylation sites (N-methyl/N-ethyl adjacent to an activating group) is 1. The second kappa shape index (κ2) is 5.62. The molecular formula is C17H20N2OS. The Balaban J connectivity index is 1.96. The number of carbonyl (C=O) groups excluding carboxylic acids is 1. The van der Waals surface area contributed by atoms with Crippen molar-refractivity contribution in [3.63, 3.8) is 0 Å². The van der Waals surface area contributed by atoms with E-state index in [2.05, 4.69) is 30.3 Å². The van der Waals surface area contributed by atoms with Crippen LogP contribution < -0.4 is 5.73 Å². The van der Waals surface area contributed by atoms with Crippen LogP contribution in [0.4, 0.5) is 0 Å². The molecule has 0 saturated heterocycles. The van der Waals surface area contributed by atoms with Gasteiger partial charge in [-0.1, -0.05) is 24.3 Å². The zero-order chi connectivity index (χ0) is 15.0. The molecule has 0 radical (unpaired) electrons. The van der Waals surface area contributed by atoms with Crippen LogP contribution in [0.5, 0.6) is 0 Å². The Hall–Kier alpha value is -1.65. The highest BCUT2D eigenvalue weighted by Crippen LogP contribution is 2.39. The summed E-state index contributed by atoms with van der Waals surface area (Å²) in [5, 5.41) is 0. The fourth-order valence-corrected chi connectivity index (χ4v) is 3.96. The molecule has 2 N–H and O–H groups in total. The van der Waals surface area contributed by atoms with Gasteiger partial charge in [-0.25, -0.2) is 0 Å². The number of fused-ring (bicyclic) bond motifs is 3. The van der Waals surface area contributed by atoms with E-state index >= 15 is 0 Å². The molecular weight excluding hydrogens is 280 g/mol. The van der Waals surface area contributed by atoms with Crippen LogP contribution in [-0.4, -0.2) is 30.4 Å². The fourth-order valence-electron chi connectivity index (χ4n) is 2.71. The Labute approximate surface area is 129 Å². The van der Waals surface area contributed by atoms with Crippen LogP contribution in [0.2, 0.25) is 0 Å². The smallest absolute Gasteiger partial charge is 0.263 e. The average Bonchev–Trinajstić information content (AvgIpc) is 2.97. The third-order valence-electron chi connectivity index (χ3n) is 4.27. The summed E-state index contributed by atoms with van der Waals surface area (Å²) in [6.45, 7) is 2.46. The second-order valence-corrected chi connectivity index (χ2v) is 6.68. The third kappa shape index (κ3) is 2.49. The minimum absolute atomic E-state index is 0.0592. The summed E-state index contributed by atoms with van der Waals surface area (Å²) in [4.78, 5) is 16.4. The van der Waals surface area contributed by atoms with E-state index in [1.807, 2.05) is 14.0 Å². The van der Waals surface area contributed by atoms with Gasteiger partial charge in [0.1, 0.15) is 0 Å². The Morgan fingerprint density at radius 3 is 2.81 bits per heavy atom. The lowest BCUT2D eigenvalue weighted by atomic mass is 9.91. The van der Waals surface area contributed by atoms with Gasteiger partial charge in [-0.05, 0) is 42.5 Å². The molecule has 1 unspecified atom stereocenters. The van der Waals surface area contributed by atoms with Gasteiger partial charge < -0.3 is 10.6 Å². The number of carbonyl (C=O) groups is 1. The van der Waals surface area contributed by atoms with E-state index in [0.717, 1.165) is 17.7 Å². The van der Waals surface area contributed by atoms with Gasteiger partial charge in [0.2, 0.25) is 0 Å². The lowest BCUT2D eigenvalue weighted by Crippen LogP contribution is -2.39. The average molecular weight is 300 g/mol. The molecule has 4 heteroatoms. The van der Waals surface area contributed by atoms with Crippen molar-refractivity contribution in [1.82, 2.24) is 4.90 Å². The number of aryl methyl sites for hydroxylation is 2. The first-order valence-corrected chi connectivity index (χ1v) is 8.11. The molecule has 21 heavy (non-hydrogen) atoms. The molecule has 2 aromatic rings. The first-order valence-electron chi connectivity index (χ1n) is 7.30. The highest BCUT2D eigenvalue weighted by Gasteiger charge is 2.24. The van der Waals surface area contributed by atoms with Crippen molar-refractivity contribution in [2.24, 2.45) is 5.73 Å². The largest absolute Gasteiger partial charge is 0.337 e. The van der Waals surface area contributed by atoms with Gasteiger partial charge in [-0.2, -0.15) is 0 Å². The molecule has 1 aliphatic carbocycles. The van der Waals surface area contributed by atoms with Crippen LogP contribution >= 0.6 is 11.3 Å². The van der Waals surface area contributed by atoms with Crippen LogP contribution in [0.15, 0.2) is 30.3 Å². The van der Waals surface area contributed by atoms with E-state index in [4.69, 9.17) is 5.73 Å². The second-order valence-electron chi connectivity index (χ2n) is 5.62. The van der Waals surface area contributed by atoms with E-state index in [1.165, 1.54) is 21.6 Å². The zero-order valence-corrected chi connectivity index (χ0v) is 13.2. The predicted molar refractivity (Wildman–Crippen MR) is 87.8 cm³/mol. The highest BCUT2D eigenvalue weighted by molar-refractivity contribution is 7.17. The van der Waals surface area contributed by atoms with Crippen molar-refractivity contribution < 1.29 is 4.79 Å². The molecule has 1 heterocycles. The SMILES string of the molecule is CC(CN)N(C)C(=O)c1cc2c(s1)-c1ccccc1CC2. The van der Waals surface area contributed by atoms with Crippen molar-refractivity contribution in [3.8, 4) is 10.4 Å². The van der Waals surface area contributed by atoms with Gasteiger partial charge in [-0.15, -0.1) is 11.3 Å². The highest BCUT2D eigenvalue weighted by atomic mass is 32.1. The van der Waals surface area contributed by atoms with Crippen molar-refractivity contribution in [2.45, 2.75) is 25.8 Å². The standard InChI is InChI=1S/C17H20N2OS/c1-11(10-18)19(2)17(20)15-9-13-8-7-12-5-3-4-6-14(12)16(13)21-15/h3-6,9,11H,7-8,10,18H2,1-2H3. The van der Waals surface area contributed by atoms with Gasteiger partial charge in [0.25, 0.3) is 5.91 Å². The van der Waals surface area contributed by atoms with Crippen molar-refractivity contribution in [2.75, 3.05) is 13.6 Å². The van der Waals surface area contributed by atoms with Crippen LogP contribution in [0.25, 0.3) is 10.4 Å². The molecule has 0 spiro atoms.